The van der Waals surface area contributed by atoms with Crippen LogP contribution in [0.5, 0.6) is 0 Å². The first-order valence-electron chi connectivity index (χ1n) is 7.04. The Bertz CT molecular complexity index is 441. The van der Waals surface area contributed by atoms with Gasteiger partial charge < -0.3 is 15.4 Å². The van der Waals surface area contributed by atoms with Crippen molar-refractivity contribution in [2.75, 3.05) is 18.6 Å². The molecule has 3 atom stereocenters. The van der Waals surface area contributed by atoms with Crippen LogP contribution in [0.2, 0.25) is 0 Å². The number of hydrogen-bond donors (Lipinski definition) is 1. The molecule has 3 unspecified atom stereocenters. The lowest BCUT2D eigenvalue weighted by molar-refractivity contribution is 0.118. The minimum atomic E-state index is 0.146. The first-order chi connectivity index (χ1) is 8.91. The van der Waals surface area contributed by atoms with Gasteiger partial charge in [-0.25, -0.2) is 0 Å². The largest absolute Gasteiger partial charge is 0.376 e. The number of nitrogens with zero attached hydrogens (tertiary/aromatic N) is 3. The predicted molar refractivity (Wildman–Crippen MR) is 77.5 cm³/mol. The van der Waals surface area contributed by atoms with Gasteiger partial charge in [-0.2, -0.15) is 5.10 Å². The van der Waals surface area contributed by atoms with Gasteiger partial charge in [-0.15, -0.1) is 0 Å². The number of anilines is 1. The molecule has 1 aromatic heterocycles. The zero-order valence-corrected chi connectivity index (χ0v) is 12.7. The van der Waals surface area contributed by atoms with E-state index >= 15 is 0 Å². The van der Waals surface area contributed by atoms with Gasteiger partial charge in [0, 0.05) is 32.3 Å². The summed E-state index contributed by atoms with van der Waals surface area (Å²) < 4.78 is 7.65. The number of ether oxygens (including phenoxy) is 1. The summed E-state index contributed by atoms with van der Waals surface area (Å²) in [6.07, 6.45) is 2.20. The first-order valence-corrected chi connectivity index (χ1v) is 7.04. The van der Waals surface area contributed by atoms with E-state index in [0.717, 1.165) is 25.1 Å². The molecule has 1 saturated heterocycles. The van der Waals surface area contributed by atoms with Crippen molar-refractivity contribution in [1.29, 1.82) is 0 Å². The minimum absolute atomic E-state index is 0.146. The Morgan fingerprint density at radius 3 is 2.79 bits per heavy atom. The summed E-state index contributed by atoms with van der Waals surface area (Å²) in [7, 11) is 4.14. The standard InChI is InChI=1S/C14H26N4O/c1-9(15)8-12-10(2)16-18(5)14(12)17(4)13-6-7-19-11(13)3/h9,11,13H,6-8,15H2,1-5H3. The summed E-state index contributed by atoms with van der Waals surface area (Å²) in [4.78, 5) is 2.31. The van der Waals surface area contributed by atoms with E-state index in [1.54, 1.807) is 0 Å². The molecular weight excluding hydrogens is 240 g/mol. The van der Waals surface area contributed by atoms with E-state index in [0.29, 0.717) is 6.04 Å². The molecule has 2 heterocycles. The second kappa shape index (κ2) is 5.51. The van der Waals surface area contributed by atoms with Crippen LogP contribution in [-0.4, -0.2) is 41.6 Å². The van der Waals surface area contributed by atoms with Gasteiger partial charge in [-0.3, -0.25) is 4.68 Å². The molecule has 0 bridgehead atoms. The molecule has 2 N–H and O–H groups in total. The number of rotatable bonds is 4. The third-order valence-corrected chi connectivity index (χ3v) is 4.01. The Kier molecular flexibility index (Phi) is 4.16. The fraction of sp³-hybridized carbons (Fsp3) is 0.786. The fourth-order valence-electron chi connectivity index (χ4n) is 3.08. The maximum absolute atomic E-state index is 5.97. The highest BCUT2D eigenvalue weighted by Gasteiger charge is 2.31. The van der Waals surface area contributed by atoms with Gasteiger partial charge in [0.2, 0.25) is 0 Å². The molecule has 0 saturated carbocycles. The lowest BCUT2D eigenvalue weighted by Crippen LogP contribution is -2.38. The van der Waals surface area contributed by atoms with Crippen LogP contribution in [0.3, 0.4) is 0 Å². The van der Waals surface area contributed by atoms with Crippen LogP contribution in [0.15, 0.2) is 0 Å². The highest BCUT2D eigenvalue weighted by atomic mass is 16.5. The molecule has 19 heavy (non-hydrogen) atoms. The van der Waals surface area contributed by atoms with Crippen molar-refractivity contribution in [3.63, 3.8) is 0 Å². The number of hydrogen-bond acceptors (Lipinski definition) is 4. The van der Waals surface area contributed by atoms with Crippen LogP contribution < -0.4 is 10.6 Å². The van der Waals surface area contributed by atoms with Crippen LogP contribution in [-0.2, 0) is 18.2 Å². The number of aromatic nitrogens is 2. The number of nitrogens with two attached hydrogens (primary N) is 1. The van der Waals surface area contributed by atoms with Crippen molar-refractivity contribution in [3.05, 3.63) is 11.3 Å². The summed E-state index contributed by atoms with van der Waals surface area (Å²) >= 11 is 0. The SMILES string of the molecule is Cc1nn(C)c(N(C)C2CCOC2C)c1CC(C)N. The minimum Gasteiger partial charge on any atom is -0.376 e. The maximum atomic E-state index is 5.97. The molecular formula is C14H26N4O. The average molecular weight is 266 g/mol. The molecule has 5 nitrogen and oxygen atoms in total. The predicted octanol–water partition coefficient (Wildman–Crippen LogP) is 1.23. The van der Waals surface area contributed by atoms with Gasteiger partial charge in [0.25, 0.3) is 0 Å². The molecule has 108 valence electrons. The number of likely N-dealkylation sites (N-methyl/N-ethyl adjacent to an activating group) is 1. The lowest BCUT2D eigenvalue weighted by Gasteiger charge is -2.29. The van der Waals surface area contributed by atoms with Crippen molar-refractivity contribution < 1.29 is 4.74 Å². The van der Waals surface area contributed by atoms with Crippen LogP contribution >= 0.6 is 0 Å². The van der Waals surface area contributed by atoms with Crippen molar-refractivity contribution >= 4 is 5.82 Å². The third-order valence-electron chi connectivity index (χ3n) is 4.01. The fourth-order valence-corrected chi connectivity index (χ4v) is 3.08. The smallest absolute Gasteiger partial charge is 0.130 e. The summed E-state index contributed by atoms with van der Waals surface area (Å²) in [5.41, 5.74) is 8.31. The van der Waals surface area contributed by atoms with Crippen LogP contribution in [0.25, 0.3) is 0 Å². The molecule has 0 radical (unpaired) electrons. The van der Waals surface area contributed by atoms with Gasteiger partial charge in [0.1, 0.15) is 5.82 Å². The molecule has 5 heteroatoms. The maximum Gasteiger partial charge on any atom is 0.130 e. The molecule has 1 aromatic rings. The van der Waals surface area contributed by atoms with E-state index in [1.807, 2.05) is 18.7 Å². The topological polar surface area (TPSA) is 56.3 Å². The van der Waals surface area contributed by atoms with Gasteiger partial charge >= 0.3 is 0 Å². The number of aryl methyl sites for hydroxylation is 2. The van der Waals surface area contributed by atoms with E-state index < -0.39 is 0 Å². The Morgan fingerprint density at radius 2 is 2.26 bits per heavy atom. The van der Waals surface area contributed by atoms with Crippen LogP contribution in [0.4, 0.5) is 5.82 Å². The Morgan fingerprint density at radius 1 is 1.58 bits per heavy atom. The summed E-state index contributed by atoms with van der Waals surface area (Å²) in [5, 5.41) is 4.56. The van der Waals surface area contributed by atoms with Crippen molar-refractivity contribution in [2.24, 2.45) is 12.8 Å². The third kappa shape index (κ3) is 2.77. The van der Waals surface area contributed by atoms with Crippen molar-refractivity contribution in [2.45, 2.75) is 51.8 Å². The summed E-state index contributed by atoms with van der Waals surface area (Å²) in [6, 6.07) is 0.564. The van der Waals surface area contributed by atoms with Gasteiger partial charge in [-0.05, 0) is 33.6 Å². The Hall–Kier alpha value is -1.07. The zero-order chi connectivity index (χ0) is 14.2. The molecule has 1 aliphatic heterocycles. The summed E-state index contributed by atoms with van der Waals surface area (Å²) in [5.74, 6) is 1.18. The van der Waals surface area contributed by atoms with E-state index in [-0.39, 0.29) is 12.1 Å². The van der Waals surface area contributed by atoms with Crippen LogP contribution in [0, 0.1) is 6.92 Å². The lowest BCUT2D eigenvalue weighted by atomic mass is 10.1. The first kappa shape index (κ1) is 14.3. The molecule has 0 amide bonds. The molecule has 1 fully saturated rings. The molecule has 1 aliphatic rings. The van der Waals surface area contributed by atoms with Gasteiger partial charge in [-0.1, -0.05) is 0 Å². The zero-order valence-electron chi connectivity index (χ0n) is 12.7. The van der Waals surface area contributed by atoms with E-state index in [2.05, 4.69) is 30.9 Å². The van der Waals surface area contributed by atoms with Gasteiger partial charge in [0.15, 0.2) is 0 Å². The summed E-state index contributed by atoms with van der Waals surface area (Å²) in [6.45, 7) is 7.08. The second-order valence-electron chi connectivity index (χ2n) is 5.74. The van der Waals surface area contributed by atoms with Crippen molar-refractivity contribution in [3.8, 4) is 0 Å². The van der Waals surface area contributed by atoms with Gasteiger partial charge in [0.05, 0.1) is 17.8 Å². The molecule has 2 rings (SSSR count). The Balaban J connectivity index is 2.32. The second-order valence-corrected chi connectivity index (χ2v) is 5.74. The van der Waals surface area contributed by atoms with Crippen molar-refractivity contribution in [1.82, 2.24) is 9.78 Å². The monoisotopic (exact) mass is 266 g/mol. The quantitative estimate of drug-likeness (QED) is 0.890. The normalized spacial score (nSPS) is 24.7. The molecule has 0 aliphatic carbocycles. The molecule has 0 spiro atoms. The average Bonchev–Trinajstić information content (AvgIpc) is 2.83. The highest BCUT2D eigenvalue weighted by molar-refractivity contribution is 5.51. The highest BCUT2D eigenvalue weighted by Crippen LogP contribution is 2.29. The van der Waals surface area contributed by atoms with E-state index in [1.165, 1.54) is 11.4 Å². The molecule has 0 aromatic carbocycles. The van der Waals surface area contributed by atoms with Crippen LogP contribution in [0.1, 0.15) is 31.5 Å². The van der Waals surface area contributed by atoms with E-state index in [4.69, 9.17) is 10.5 Å². The Labute approximate surface area is 115 Å². The van der Waals surface area contributed by atoms with E-state index in [9.17, 15) is 0 Å².